The Morgan fingerprint density at radius 2 is 1.95 bits per heavy atom. The van der Waals surface area contributed by atoms with Crippen molar-refractivity contribution < 1.29 is 9.15 Å². The summed E-state index contributed by atoms with van der Waals surface area (Å²) in [4.78, 5) is 0. The Hall–Kier alpha value is -1.29. The molecular weight excluding hydrogens is 262 g/mol. The Balaban J connectivity index is 1.85. The first kappa shape index (κ1) is 14.1. The van der Waals surface area contributed by atoms with E-state index in [-0.39, 0.29) is 0 Å². The highest BCUT2D eigenvalue weighted by Crippen LogP contribution is 2.16. The summed E-state index contributed by atoms with van der Waals surface area (Å²) < 4.78 is 11.3. The van der Waals surface area contributed by atoms with E-state index in [4.69, 9.17) is 20.8 Å². The highest BCUT2D eigenvalue weighted by molar-refractivity contribution is 6.30. The number of aryl methyl sites for hydroxylation is 1. The highest BCUT2D eigenvalue weighted by Gasteiger charge is 2.06. The van der Waals surface area contributed by atoms with Gasteiger partial charge in [-0.15, -0.1) is 0 Å². The van der Waals surface area contributed by atoms with Gasteiger partial charge in [0.25, 0.3) is 0 Å². The van der Waals surface area contributed by atoms with E-state index in [1.54, 1.807) is 0 Å². The molecule has 19 heavy (non-hydrogen) atoms. The minimum atomic E-state index is 0.479. The van der Waals surface area contributed by atoms with Crippen molar-refractivity contribution >= 4 is 11.6 Å². The van der Waals surface area contributed by atoms with E-state index in [9.17, 15) is 0 Å². The summed E-state index contributed by atoms with van der Waals surface area (Å²) in [6, 6.07) is 9.68. The normalized spacial score (nSPS) is 10.9. The summed E-state index contributed by atoms with van der Waals surface area (Å²) in [5, 5.41) is 3.85. The molecular formula is C15H18ClNO2. The summed E-state index contributed by atoms with van der Waals surface area (Å²) in [6.45, 7) is 3.81. The van der Waals surface area contributed by atoms with Crippen molar-refractivity contribution in [1.82, 2.24) is 5.32 Å². The van der Waals surface area contributed by atoms with Gasteiger partial charge in [-0.3, -0.25) is 0 Å². The smallest absolute Gasteiger partial charge is 0.130 e. The maximum absolute atomic E-state index is 5.83. The third-order valence-corrected chi connectivity index (χ3v) is 3.12. The minimum Gasteiger partial charge on any atom is -0.464 e. The number of nitrogens with one attached hydrogen (secondary N) is 1. The van der Waals surface area contributed by atoms with Crippen molar-refractivity contribution in [2.75, 3.05) is 7.05 Å². The Bertz CT molecular complexity index is 519. The van der Waals surface area contributed by atoms with Crippen LogP contribution in [0.5, 0.6) is 0 Å². The van der Waals surface area contributed by atoms with E-state index in [0.717, 1.165) is 28.7 Å². The molecule has 0 aliphatic carbocycles. The molecule has 0 saturated carbocycles. The number of furan rings is 1. The first-order chi connectivity index (χ1) is 9.19. The molecule has 0 aliphatic heterocycles. The SMILES string of the molecule is CNCc1cc(COCc2ccc(Cl)cc2)oc1C. The van der Waals surface area contributed by atoms with Gasteiger partial charge in [0.2, 0.25) is 0 Å². The van der Waals surface area contributed by atoms with Gasteiger partial charge in [0.05, 0.1) is 6.61 Å². The van der Waals surface area contributed by atoms with E-state index in [0.29, 0.717) is 13.2 Å². The monoisotopic (exact) mass is 279 g/mol. The van der Waals surface area contributed by atoms with E-state index < -0.39 is 0 Å². The summed E-state index contributed by atoms with van der Waals surface area (Å²) in [7, 11) is 1.92. The third-order valence-electron chi connectivity index (χ3n) is 2.87. The highest BCUT2D eigenvalue weighted by atomic mass is 35.5. The lowest BCUT2D eigenvalue weighted by Crippen LogP contribution is -2.04. The Morgan fingerprint density at radius 3 is 2.63 bits per heavy atom. The van der Waals surface area contributed by atoms with Crippen molar-refractivity contribution in [3.8, 4) is 0 Å². The van der Waals surface area contributed by atoms with Crippen molar-refractivity contribution in [3.05, 3.63) is 58.0 Å². The third kappa shape index (κ3) is 4.10. The molecule has 102 valence electrons. The first-order valence-corrected chi connectivity index (χ1v) is 6.62. The topological polar surface area (TPSA) is 34.4 Å². The van der Waals surface area contributed by atoms with Gasteiger partial charge in [-0.2, -0.15) is 0 Å². The van der Waals surface area contributed by atoms with Crippen molar-refractivity contribution in [2.24, 2.45) is 0 Å². The lowest BCUT2D eigenvalue weighted by molar-refractivity contribution is 0.0923. The fraction of sp³-hybridized carbons (Fsp3) is 0.333. The second-order valence-corrected chi connectivity index (χ2v) is 4.88. The second kappa shape index (κ2) is 6.75. The second-order valence-electron chi connectivity index (χ2n) is 4.44. The van der Waals surface area contributed by atoms with Crippen LogP contribution < -0.4 is 5.32 Å². The van der Waals surface area contributed by atoms with Crippen LogP contribution in [0.15, 0.2) is 34.7 Å². The molecule has 1 N–H and O–H groups in total. The van der Waals surface area contributed by atoms with Crippen LogP contribution in [0.4, 0.5) is 0 Å². The van der Waals surface area contributed by atoms with Crippen LogP contribution in [0.2, 0.25) is 5.02 Å². The Kier molecular flexibility index (Phi) is 5.02. The van der Waals surface area contributed by atoms with Gasteiger partial charge in [0.1, 0.15) is 18.1 Å². The van der Waals surface area contributed by atoms with Crippen LogP contribution in [0.3, 0.4) is 0 Å². The quantitative estimate of drug-likeness (QED) is 0.876. The van der Waals surface area contributed by atoms with E-state index in [1.165, 1.54) is 5.56 Å². The molecule has 1 heterocycles. The standard InChI is InChI=1S/C15H18ClNO2/c1-11-13(8-17-2)7-15(19-11)10-18-9-12-3-5-14(16)6-4-12/h3-7,17H,8-10H2,1-2H3. The molecule has 0 bridgehead atoms. The maximum atomic E-state index is 5.83. The molecule has 3 nitrogen and oxygen atoms in total. The van der Waals surface area contributed by atoms with E-state index in [2.05, 4.69) is 5.32 Å². The summed E-state index contributed by atoms with van der Waals surface area (Å²) in [5.74, 6) is 1.80. The zero-order valence-electron chi connectivity index (χ0n) is 11.2. The summed E-state index contributed by atoms with van der Waals surface area (Å²) >= 11 is 5.83. The molecule has 1 aromatic carbocycles. The van der Waals surface area contributed by atoms with Gasteiger partial charge < -0.3 is 14.5 Å². The summed E-state index contributed by atoms with van der Waals surface area (Å²) in [5.41, 5.74) is 2.27. The van der Waals surface area contributed by atoms with Crippen LogP contribution in [0, 0.1) is 6.92 Å². The van der Waals surface area contributed by atoms with Gasteiger partial charge in [0.15, 0.2) is 0 Å². The largest absolute Gasteiger partial charge is 0.464 e. The van der Waals surface area contributed by atoms with Gasteiger partial charge in [-0.05, 0) is 37.7 Å². The molecule has 1 aromatic heterocycles. The summed E-state index contributed by atoms with van der Waals surface area (Å²) in [6.07, 6.45) is 0. The Morgan fingerprint density at radius 1 is 1.21 bits per heavy atom. The van der Waals surface area contributed by atoms with Gasteiger partial charge in [-0.25, -0.2) is 0 Å². The number of ether oxygens (including phenoxy) is 1. The number of halogens is 1. The van der Waals surface area contributed by atoms with Crippen LogP contribution in [-0.4, -0.2) is 7.05 Å². The molecule has 0 fully saturated rings. The first-order valence-electron chi connectivity index (χ1n) is 6.24. The van der Waals surface area contributed by atoms with Crippen molar-refractivity contribution in [1.29, 1.82) is 0 Å². The van der Waals surface area contributed by atoms with Gasteiger partial charge in [0, 0.05) is 17.1 Å². The van der Waals surface area contributed by atoms with Crippen molar-refractivity contribution in [3.63, 3.8) is 0 Å². The zero-order valence-corrected chi connectivity index (χ0v) is 12.0. The molecule has 0 unspecified atom stereocenters. The lowest BCUT2D eigenvalue weighted by atomic mass is 10.2. The zero-order chi connectivity index (χ0) is 13.7. The minimum absolute atomic E-state index is 0.479. The van der Waals surface area contributed by atoms with Crippen LogP contribution in [0.1, 0.15) is 22.6 Å². The van der Waals surface area contributed by atoms with Crippen molar-refractivity contribution in [2.45, 2.75) is 26.7 Å². The molecule has 4 heteroatoms. The van der Waals surface area contributed by atoms with Crippen LogP contribution in [0.25, 0.3) is 0 Å². The number of hydrogen-bond acceptors (Lipinski definition) is 3. The van der Waals surface area contributed by atoms with Crippen LogP contribution in [-0.2, 0) is 24.5 Å². The molecule has 2 aromatic rings. The number of hydrogen-bond donors (Lipinski definition) is 1. The predicted octanol–water partition coefficient (Wildman–Crippen LogP) is 3.68. The predicted molar refractivity (Wildman–Crippen MR) is 76.2 cm³/mol. The molecule has 0 radical (unpaired) electrons. The molecule has 0 atom stereocenters. The average Bonchev–Trinajstić information content (AvgIpc) is 2.73. The molecule has 0 spiro atoms. The fourth-order valence-electron chi connectivity index (χ4n) is 1.87. The molecule has 0 saturated heterocycles. The van der Waals surface area contributed by atoms with E-state index >= 15 is 0 Å². The molecule has 0 aliphatic rings. The fourth-order valence-corrected chi connectivity index (χ4v) is 2.00. The van der Waals surface area contributed by atoms with E-state index in [1.807, 2.05) is 44.3 Å². The van der Waals surface area contributed by atoms with Gasteiger partial charge in [-0.1, -0.05) is 23.7 Å². The molecule has 2 rings (SSSR count). The maximum Gasteiger partial charge on any atom is 0.130 e. The number of rotatable bonds is 6. The van der Waals surface area contributed by atoms with Crippen LogP contribution >= 0.6 is 11.6 Å². The number of benzene rings is 1. The lowest BCUT2D eigenvalue weighted by Gasteiger charge is -2.02. The Labute approximate surface area is 118 Å². The van der Waals surface area contributed by atoms with Gasteiger partial charge >= 0.3 is 0 Å². The molecule has 0 amide bonds. The average molecular weight is 280 g/mol.